The summed E-state index contributed by atoms with van der Waals surface area (Å²) in [5.74, 6) is -0.386. The third kappa shape index (κ3) is 2.38. The standard InChI is InChI=1S/C12H14FN3O/c1-2-15-3-4-16(12(15)17)8-9-5-10(13)7-11(14)6-9/h3-7H,2,8,14H2,1H3. The van der Waals surface area contributed by atoms with E-state index in [1.54, 1.807) is 23.0 Å². The molecule has 0 aliphatic heterocycles. The Morgan fingerprint density at radius 2 is 1.94 bits per heavy atom. The molecule has 2 aromatic rings. The van der Waals surface area contributed by atoms with Crippen molar-refractivity contribution in [2.45, 2.75) is 20.0 Å². The number of hydrogen-bond donors (Lipinski definition) is 1. The van der Waals surface area contributed by atoms with Crippen molar-refractivity contribution in [2.75, 3.05) is 5.73 Å². The van der Waals surface area contributed by atoms with Gasteiger partial charge in [-0.3, -0.25) is 9.13 Å². The fourth-order valence-corrected chi connectivity index (χ4v) is 1.78. The summed E-state index contributed by atoms with van der Waals surface area (Å²) in [6, 6.07) is 4.30. The highest BCUT2D eigenvalue weighted by molar-refractivity contribution is 5.41. The molecule has 5 heteroatoms. The average Bonchev–Trinajstić information content (AvgIpc) is 2.58. The molecule has 2 rings (SSSR count). The van der Waals surface area contributed by atoms with E-state index in [9.17, 15) is 9.18 Å². The van der Waals surface area contributed by atoms with Gasteiger partial charge in [0.2, 0.25) is 0 Å². The van der Waals surface area contributed by atoms with Crippen LogP contribution in [0.25, 0.3) is 0 Å². The number of nitrogens with zero attached hydrogens (tertiary/aromatic N) is 2. The van der Waals surface area contributed by atoms with E-state index in [1.165, 1.54) is 16.7 Å². The van der Waals surface area contributed by atoms with Gasteiger partial charge in [-0.05, 0) is 30.7 Å². The Morgan fingerprint density at radius 3 is 2.53 bits per heavy atom. The third-order valence-electron chi connectivity index (χ3n) is 2.59. The second kappa shape index (κ2) is 4.45. The molecule has 0 aliphatic rings. The summed E-state index contributed by atoms with van der Waals surface area (Å²) in [6.45, 7) is 2.84. The van der Waals surface area contributed by atoms with E-state index in [2.05, 4.69) is 0 Å². The quantitative estimate of drug-likeness (QED) is 0.818. The van der Waals surface area contributed by atoms with E-state index in [0.29, 0.717) is 24.3 Å². The molecule has 1 heterocycles. The minimum Gasteiger partial charge on any atom is -0.399 e. The molecule has 0 atom stereocenters. The number of rotatable bonds is 3. The lowest BCUT2D eigenvalue weighted by Crippen LogP contribution is -2.23. The predicted octanol–water partition coefficient (Wildman–Crippen LogP) is 1.44. The zero-order valence-corrected chi connectivity index (χ0v) is 9.56. The highest BCUT2D eigenvalue weighted by atomic mass is 19.1. The normalized spacial score (nSPS) is 10.7. The zero-order valence-electron chi connectivity index (χ0n) is 9.56. The summed E-state index contributed by atoms with van der Waals surface area (Å²) in [4.78, 5) is 11.8. The average molecular weight is 235 g/mol. The Morgan fingerprint density at radius 1 is 1.24 bits per heavy atom. The van der Waals surface area contributed by atoms with E-state index < -0.39 is 0 Å². The van der Waals surface area contributed by atoms with E-state index in [-0.39, 0.29) is 11.5 Å². The van der Waals surface area contributed by atoms with Crippen LogP contribution in [0.1, 0.15) is 12.5 Å². The van der Waals surface area contributed by atoms with Gasteiger partial charge in [-0.25, -0.2) is 9.18 Å². The van der Waals surface area contributed by atoms with Gasteiger partial charge in [-0.1, -0.05) is 0 Å². The van der Waals surface area contributed by atoms with Crippen LogP contribution in [0.2, 0.25) is 0 Å². The van der Waals surface area contributed by atoms with Crippen LogP contribution in [0.15, 0.2) is 35.4 Å². The van der Waals surface area contributed by atoms with Crippen LogP contribution in [0.4, 0.5) is 10.1 Å². The van der Waals surface area contributed by atoms with Gasteiger partial charge in [0.25, 0.3) is 0 Å². The molecule has 0 saturated heterocycles. The van der Waals surface area contributed by atoms with Gasteiger partial charge in [0, 0.05) is 24.6 Å². The number of halogens is 1. The Hall–Kier alpha value is -2.04. The summed E-state index contributed by atoms with van der Waals surface area (Å²) < 4.78 is 16.2. The van der Waals surface area contributed by atoms with E-state index >= 15 is 0 Å². The Bertz CT molecular complexity index is 565. The molecule has 0 radical (unpaired) electrons. The SMILES string of the molecule is CCn1ccn(Cc2cc(N)cc(F)c2)c1=O. The molecule has 0 saturated carbocycles. The highest BCUT2D eigenvalue weighted by Crippen LogP contribution is 2.11. The Labute approximate surface area is 98.1 Å². The number of imidazole rings is 1. The minimum atomic E-state index is -0.386. The summed E-state index contributed by atoms with van der Waals surface area (Å²) in [7, 11) is 0. The van der Waals surface area contributed by atoms with Crippen LogP contribution >= 0.6 is 0 Å². The molecule has 90 valence electrons. The maximum atomic E-state index is 13.1. The number of nitrogen functional groups attached to an aromatic ring is 1. The lowest BCUT2D eigenvalue weighted by molar-refractivity contribution is 0.621. The van der Waals surface area contributed by atoms with Crippen LogP contribution in [0.3, 0.4) is 0 Å². The smallest absolute Gasteiger partial charge is 0.328 e. The number of aryl methyl sites for hydroxylation is 1. The van der Waals surface area contributed by atoms with Crippen molar-refractivity contribution >= 4 is 5.69 Å². The van der Waals surface area contributed by atoms with Crippen molar-refractivity contribution in [2.24, 2.45) is 0 Å². The van der Waals surface area contributed by atoms with Crippen molar-refractivity contribution in [3.05, 3.63) is 52.5 Å². The van der Waals surface area contributed by atoms with Gasteiger partial charge in [-0.2, -0.15) is 0 Å². The maximum absolute atomic E-state index is 13.1. The molecule has 0 fully saturated rings. The first kappa shape index (κ1) is 11.4. The molecule has 0 aliphatic carbocycles. The predicted molar refractivity (Wildman–Crippen MR) is 64.3 cm³/mol. The maximum Gasteiger partial charge on any atom is 0.328 e. The van der Waals surface area contributed by atoms with Gasteiger partial charge in [0.15, 0.2) is 0 Å². The van der Waals surface area contributed by atoms with Gasteiger partial charge in [-0.15, -0.1) is 0 Å². The molecule has 0 amide bonds. The first-order valence-corrected chi connectivity index (χ1v) is 5.40. The molecular formula is C12H14FN3O. The first-order valence-electron chi connectivity index (χ1n) is 5.40. The monoisotopic (exact) mass is 235 g/mol. The topological polar surface area (TPSA) is 52.9 Å². The summed E-state index contributed by atoms with van der Waals surface area (Å²) in [6.07, 6.45) is 3.40. The van der Waals surface area contributed by atoms with Gasteiger partial charge in [0.1, 0.15) is 5.82 Å². The second-order valence-electron chi connectivity index (χ2n) is 3.89. The van der Waals surface area contributed by atoms with Crippen LogP contribution in [-0.2, 0) is 13.1 Å². The molecular weight excluding hydrogens is 221 g/mol. The fraction of sp³-hybridized carbons (Fsp3) is 0.250. The largest absolute Gasteiger partial charge is 0.399 e. The molecule has 0 unspecified atom stereocenters. The van der Waals surface area contributed by atoms with Gasteiger partial charge in [0.05, 0.1) is 6.54 Å². The van der Waals surface area contributed by atoms with Crippen molar-refractivity contribution < 1.29 is 4.39 Å². The molecule has 1 aromatic carbocycles. The number of aromatic nitrogens is 2. The Balaban J connectivity index is 2.31. The summed E-state index contributed by atoms with van der Waals surface area (Å²) in [5, 5.41) is 0. The summed E-state index contributed by atoms with van der Waals surface area (Å²) in [5.41, 5.74) is 6.49. The number of hydrogen-bond acceptors (Lipinski definition) is 2. The number of nitrogens with two attached hydrogens (primary N) is 1. The van der Waals surface area contributed by atoms with Crippen molar-refractivity contribution in [3.8, 4) is 0 Å². The molecule has 0 spiro atoms. The minimum absolute atomic E-state index is 0.102. The Kier molecular flexibility index (Phi) is 2.99. The first-order chi connectivity index (χ1) is 8.10. The van der Waals surface area contributed by atoms with E-state index in [0.717, 1.165) is 0 Å². The van der Waals surface area contributed by atoms with Crippen LogP contribution in [-0.4, -0.2) is 9.13 Å². The van der Waals surface area contributed by atoms with Crippen molar-refractivity contribution in [1.82, 2.24) is 9.13 Å². The molecule has 1 aromatic heterocycles. The third-order valence-corrected chi connectivity index (χ3v) is 2.59. The van der Waals surface area contributed by atoms with E-state index in [4.69, 9.17) is 5.73 Å². The van der Waals surface area contributed by atoms with Gasteiger partial charge >= 0.3 is 5.69 Å². The van der Waals surface area contributed by atoms with E-state index in [1.807, 2.05) is 6.92 Å². The lowest BCUT2D eigenvalue weighted by Gasteiger charge is -2.04. The van der Waals surface area contributed by atoms with Crippen LogP contribution < -0.4 is 11.4 Å². The highest BCUT2D eigenvalue weighted by Gasteiger charge is 2.04. The zero-order chi connectivity index (χ0) is 12.4. The van der Waals surface area contributed by atoms with Gasteiger partial charge < -0.3 is 5.73 Å². The molecule has 4 nitrogen and oxygen atoms in total. The fourth-order valence-electron chi connectivity index (χ4n) is 1.78. The molecule has 0 bridgehead atoms. The second-order valence-corrected chi connectivity index (χ2v) is 3.89. The molecule has 2 N–H and O–H groups in total. The van der Waals surface area contributed by atoms with Crippen LogP contribution in [0.5, 0.6) is 0 Å². The number of anilines is 1. The lowest BCUT2D eigenvalue weighted by atomic mass is 10.2. The summed E-state index contributed by atoms with van der Waals surface area (Å²) >= 11 is 0. The number of benzene rings is 1. The molecule has 17 heavy (non-hydrogen) atoms. The van der Waals surface area contributed by atoms with Crippen molar-refractivity contribution in [3.63, 3.8) is 0 Å². The van der Waals surface area contributed by atoms with Crippen molar-refractivity contribution in [1.29, 1.82) is 0 Å². The van der Waals surface area contributed by atoms with Crippen LogP contribution in [0, 0.1) is 5.82 Å².